The molecule has 148 valence electrons. The van der Waals surface area contributed by atoms with Crippen LogP contribution < -0.4 is 15.5 Å². The van der Waals surface area contributed by atoms with E-state index < -0.39 is 0 Å². The first kappa shape index (κ1) is 19.9. The number of ether oxygens (including phenoxy) is 1. The summed E-state index contributed by atoms with van der Waals surface area (Å²) in [5, 5.41) is 5.87. The highest BCUT2D eigenvalue weighted by Crippen LogP contribution is 2.26. The van der Waals surface area contributed by atoms with Crippen LogP contribution >= 0.6 is 0 Å². The standard InChI is InChI=1S/C22H27N3O3/c1-2-3-12-23-21(26)17-8-10-18(11-9-17)22(27)24-19-6-4-5-7-20(19)25-13-15-28-16-14-25/h4-11H,2-3,12-16H2,1H3,(H,23,26)(H,24,27). The number of anilines is 2. The van der Waals surface area contributed by atoms with Crippen LogP contribution in [0.2, 0.25) is 0 Å². The molecule has 0 spiro atoms. The van der Waals surface area contributed by atoms with Crippen LogP contribution in [-0.2, 0) is 4.74 Å². The van der Waals surface area contributed by atoms with Crippen molar-refractivity contribution >= 4 is 23.2 Å². The van der Waals surface area contributed by atoms with E-state index in [0.717, 1.165) is 37.3 Å². The molecule has 0 radical (unpaired) electrons. The van der Waals surface area contributed by atoms with Crippen molar-refractivity contribution in [3.8, 4) is 0 Å². The molecule has 2 N–H and O–H groups in total. The van der Waals surface area contributed by atoms with Crippen LogP contribution in [0.5, 0.6) is 0 Å². The second-order valence-electron chi connectivity index (χ2n) is 6.76. The Morgan fingerprint density at radius 2 is 1.61 bits per heavy atom. The fraction of sp³-hybridized carbons (Fsp3) is 0.364. The number of unbranched alkanes of at least 4 members (excludes halogenated alkanes) is 1. The second-order valence-corrected chi connectivity index (χ2v) is 6.76. The van der Waals surface area contributed by atoms with Gasteiger partial charge in [0.2, 0.25) is 0 Å². The van der Waals surface area contributed by atoms with Gasteiger partial charge >= 0.3 is 0 Å². The molecule has 1 saturated heterocycles. The van der Waals surface area contributed by atoms with Gasteiger partial charge in [-0.2, -0.15) is 0 Å². The lowest BCUT2D eigenvalue weighted by Crippen LogP contribution is -2.36. The maximum Gasteiger partial charge on any atom is 0.255 e. The number of hydrogen-bond donors (Lipinski definition) is 2. The predicted molar refractivity (Wildman–Crippen MR) is 111 cm³/mol. The molecule has 1 aliphatic heterocycles. The number of benzene rings is 2. The zero-order chi connectivity index (χ0) is 19.8. The van der Waals surface area contributed by atoms with Crippen molar-refractivity contribution in [1.82, 2.24) is 5.32 Å². The molecule has 0 aromatic heterocycles. The Morgan fingerprint density at radius 1 is 0.964 bits per heavy atom. The first-order valence-electron chi connectivity index (χ1n) is 9.80. The van der Waals surface area contributed by atoms with Crippen LogP contribution in [0.1, 0.15) is 40.5 Å². The molecular formula is C22H27N3O3. The SMILES string of the molecule is CCCCNC(=O)c1ccc(C(=O)Nc2ccccc2N2CCOCC2)cc1. The monoisotopic (exact) mass is 381 g/mol. The van der Waals surface area contributed by atoms with Crippen molar-refractivity contribution < 1.29 is 14.3 Å². The van der Waals surface area contributed by atoms with Gasteiger partial charge in [-0.3, -0.25) is 9.59 Å². The summed E-state index contributed by atoms with van der Waals surface area (Å²) in [7, 11) is 0. The number of hydrogen-bond acceptors (Lipinski definition) is 4. The Hall–Kier alpha value is -2.86. The van der Waals surface area contributed by atoms with E-state index in [2.05, 4.69) is 22.5 Å². The summed E-state index contributed by atoms with van der Waals surface area (Å²) >= 11 is 0. The van der Waals surface area contributed by atoms with E-state index in [-0.39, 0.29) is 11.8 Å². The molecule has 0 bridgehead atoms. The molecule has 28 heavy (non-hydrogen) atoms. The van der Waals surface area contributed by atoms with Crippen LogP contribution in [0.15, 0.2) is 48.5 Å². The van der Waals surface area contributed by atoms with Gasteiger partial charge in [0.25, 0.3) is 11.8 Å². The topological polar surface area (TPSA) is 70.7 Å². The zero-order valence-electron chi connectivity index (χ0n) is 16.2. The highest BCUT2D eigenvalue weighted by atomic mass is 16.5. The normalized spacial score (nSPS) is 13.8. The first-order chi connectivity index (χ1) is 13.7. The highest BCUT2D eigenvalue weighted by molar-refractivity contribution is 6.06. The molecule has 1 heterocycles. The van der Waals surface area contributed by atoms with E-state index >= 15 is 0 Å². The van der Waals surface area contributed by atoms with Gasteiger partial charge in [-0.05, 0) is 42.8 Å². The third-order valence-corrected chi connectivity index (χ3v) is 4.73. The summed E-state index contributed by atoms with van der Waals surface area (Å²) in [5.41, 5.74) is 2.84. The molecule has 2 aromatic rings. The van der Waals surface area contributed by atoms with Crippen molar-refractivity contribution in [3.63, 3.8) is 0 Å². The molecule has 1 aliphatic rings. The second kappa shape index (κ2) is 9.90. The van der Waals surface area contributed by atoms with Crippen LogP contribution in [0.4, 0.5) is 11.4 Å². The molecular weight excluding hydrogens is 354 g/mol. The average Bonchev–Trinajstić information content (AvgIpc) is 2.75. The predicted octanol–water partition coefficient (Wildman–Crippen LogP) is 3.31. The van der Waals surface area contributed by atoms with E-state index in [0.29, 0.717) is 30.9 Å². The average molecular weight is 381 g/mol. The van der Waals surface area contributed by atoms with Crippen LogP contribution in [0.3, 0.4) is 0 Å². The summed E-state index contributed by atoms with van der Waals surface area (Å²) in [6.07, 6.45) is 1.99. The van der Waals surface area contributed by atoms with Crippen molar-refractivity contribution in [2.75, 3.05) is 43.1 Å². The molecule has 2 aromatic carbocycles. The number of nitrogens with one attached hydrogen (secondary N) is 2. The number of carbonyl (C=O) groups excluding carboxylic acids is 2. The van der Waals surface area contributed by atoms with Crippen molar-refractivity contribution in [1.29, 1.82) is 0 Å². The minimum atomic E-state index is -0.196. The summed E-state index contributed by atoms with van der Waals surface area (Å²) in [4.78, 5) is 27.0. The molecule has 0 aliphatic carbocycles. The maximum atomic E-state index is 12.7. The lowest BCUT2D eigenvalue weighted by molar-refractivity contribution is 0.0951. The smallest absolute Gasteiger partial charge is 0.255 e. The highest BCUT2D eigenvalue weighted by Gasteiger charge is 2.16. The number of carbonyl (C=O) groups is 2. The summed E-state index contributed by atoms with van der Waals surface area (Å²) < 4.78 is 5.41. The van der Waals surface area contributed by atoms with E-state index in [1.54, 1.807) is 24.3 Å². The molecule has 0 atom stereocenters. The summed E-state index contributed by atoms with van der Waals surface area (Å²) in [6.45, 7) is 5.71. The Kier molecular flexibility index (Phi) is 7.03. The van der Waals surface area contributed by atoms with E-state index in [1.165, 1.54) is 0 Å². The Balaban J connectivity index is 1.66. The minimum absolute atomic E-state index is 0.113. The number of amides is 2. The van der Waals surface area contributed by atoms with E-state index in [9.17, 15) is 9.59 Å². The van der Waals surface area contributed by atoms with Gasteiger partial charge < -0.3 is 20.3 Å². The van der Waals surface area contributed by atoms with Gasteiger partial charge in [0.05, 0.1) is 24.6 Å². The molecule has 3 rings (SSSR count). The van der Waals surface area contributed by atoms with Gasteiger partial charge in [0, 0.05) is 30.8 Å². The largest absolute Gasteiger partial charge is 0.378 e. The Morgan fingerprint density at radius 3 is 2.29 bits per heavy atom. The Bertz CT molecular complexity index is 799. The third-order valence-electron chi connectivity index (χ3n) is 4.73. The van der Waals surface area contributed by atoms with Crippen molar-refractivity contribution in [2.45, 2.75) is 19.8 Å². The van der Waals surface area contributed by atoms with Crippen LogP contribution in [0.25, 0.3) is 0 Å². The molecule has 6 nitrogen and oxygen atoms in total. The first-order valence-corrected chi connectivity index (χ1v) is 9.80. The number of nitrogens with zero attached hydrogens (tertiary/aromatic N) is 1. The summed E-state index contributed by atoms with van der Waals surface area (Å²) in [5.74, 6) is -0.309. The Labute approximate surface area is 165 Å². The molecule has 6 heteroatoms. The van der Waals surface area contributed by atoms with Crippen LogP contribution in [0, 0.1) is 0 Å². The minimum Gasteiger partial charge on any atom is -0.378 e. The van der Waals surface area contributed by atoms with Crippen LogP contribution in [-0.4, -0.2) is 44.7 Å². The molecule has 0 saturated carbocycles. The number of rotatable bonds is 7. The van der Waals surface area contributed by atoms with Crippen molar-refractivity contribution in [2.24, 2.45) is 0 Å². The van der Waals surface area contributed by atoms with Gasteiger partial charge in [-0.25, -0.2) is 0 Å². The lowest BCUT2D eigenvalue weighted by atomic mass is 10.1. The molecule has 0 unspecified atom stereocenters. The number of para-hydroxylation sites is 2. The van der Waals surface area contributed by atoms with E-state index in [4.69, 9.17) is 4.74 Å². The fourth-order valence-corrected chi connectivity index (χ4v) is 3.11. The number of morpholine rings is 1. The lowest BCUT2D eigenvalue weighted by Gasteiger charge is -2.30. The van der Waals surface area contributed by atoms with Gasteiger partial charge in [-0.1, -0.05) is 25.5 Å². The van der Waals surface area contributed by atoms with E-state index in [1.807, 2.05) is 24.3 Å². The zero-order valence-corrected chi connectivity index (χ0v) is 16.2. The molecule has 2 amide bonds. The summed E-state index contributed by atoms with van der Waals surface area (Å²) in [6, 6.07) is 14.5. The third kappa shape index (κ3) is 5.10. The van der Waals surface area contributed by atoms with Gasteiger partial charge in [0.1, 0.15) is 0 Å². The van der Waals surface area contributed by atoms with Gasteiger partial charge in [0.15, 0.2) is 0 Å². The van der Waals surface area contributed by atoms with Gasteiger partial charge in [-0.15, -0.1) is 0 Å². The van der Waals surface area contributed by atoms with Crippen molar-refractivity contribution in [3.05, 3.63) is 59.7 Å². The molecule has 1 fully saturated rings. The quantitative estimate of drug-likeness (QED) is 0.722. The fourth-order valence-electron chi connectivity index (χ4n) is 3.11. The maximum absolute atomic E-state index is 12.7.